The summed E-state index contributed by atoms with van der Waals surface area (Å²) in [5, 5.41) is 14.7. The van der Waals surface area contributed by atoms with Crippen molar-refractivity contribution in [1.82, 2.24) is 30.2 Å². The molecule has 0 N–H and O–H groups in total. The molecule has 4 heterocycles. The fraction of sp³-hybridized carbons (Fsp3) is 0.286. The Bertz CT molecular complexity index is 962. The molecule has 0 spiro atoms. The summed E-state index contributed by atoms with van der Waals surface area (Å²) in [6, 6.07) is 8.29. The van der Waals surface area contributed by atoms with Crippen LogP contribution in [0.3, 0.4) is 0 Å². The predicted molar refractivity (Wildman–Crippen MR) is 108 cm³/mol. The summed E-state index contributed by atoms with van der Waals surface area (Å²) >= 11 is 0. The average Bonchev–Trinajstić information content (AvgIpc) is 3.15. The Kier molecular flexibility index (Phi) is 4.57. The minimum atomic E-state index is -0.257. The van der Waals surface area contributed by atoms with Crippen molar-refractivity contribution < 1.29 is 4.39 Å². The van der Waals surface area contributed by atoms with Crippen LogP contribution in [0.1, 0.15) is 17.2 Å². The smallest absolute Gasteiger partial charge is 0.149 e. The number of aromatic nitrogens is 2. The molecule has 0 saturated carbocycles. The molecule has 1 unspecified atom stereocenters. The standard InChI is InChI=1S/C21H22FN7/c1-26-11-13-27(14-12-26)28-10-2-3-19-25-20(16-4-6-18(22)7-5-16)21(29(19)28)17-8-9-23-24-15-17/h2-10,15,21H,11-14H2,1H3. The van der Waals surface area contributed by atoms with Gasteiger partial charge in [0.2, 0.25) is 0 Å². The second-order valence-electron chi connectivity index (χ2n) is 7.37. The van der Waals surface area contributed by atoms with Crippen molar-refractivity contribution in [2.24, 2.45) is 4.99 Å². The monoisotopic (exact) mass is 391 g/mol. The van der Waals surface area contributed by atoms with Crippen molar-refractivity contribution in [2.75, 3.05) is 33.2 Å². The summed E-state index contributed by atoms with van der Waals surface area (Å²) in [4.78, 5) is 7.26. The minimum Gasteiger partial charge on any atom is -0.304 e. The van der Waals surface area contributed by atoms with Gasteiger partial charge in [-0.25, -0.2) is 19.5 Å². The van der Waals surface area contributed by atoms with Crippen LogP contribution in [0.5, 0.6) is 0 Å². The van der Waals surface area contributed by atoms with E-state index in [1.165, 1.54) is 12.1 Å². The fourth-order valence-electron chi connectivity index (χ4n) is 3.93. The van der Waals surface area contributed by atoms with Crippen molar-refractivity contribution in [2.45, 2.75) is 6.04 Å². The third-order valence-electron chi connectivity index (χ3n) is 5.49. The highest BCUT2D eigenvalue weighted by atomic mass is 19.1. The lowest BCUT2D eigenvalue weighted by molar-refractivity contribution is -0.150. The van der Waals surface area contributed by atoms with Crippen molar-refractivity contribution in [3.63, 3.8) is 0 Å². The van der Waals surface area contributed by atoms with E-state index >= 15 is 0 Å². The Morgan fingerprint density at radius 1 is 1.00 bits per heavy atom. The van der Waals surface area contributed by atoms with E-state index in [0.29, 0.717) is 0 Å². The molecule has 3 aliphatic heterocycles. The molecule has 1 aromatic carbocycles. The maximum atomic E-state index is 13.5. The zero-order valence-corrected chi connectivity index (χ0v) is 16.2. The summed E-state index contributed by atoms with van der Waals surface area (Å²) in [6.07, 6.45) is 9.56. The number of likely N-dealkylation sites (N-methyl/N-ethyl adjacent to an activating group) is 1. The minimum absolute atomic E-state index is 0.174. The summed E-state index contributed by atoms with van der Waals surface area (Å²) in [7, 11) is 2.14. The van der Waals surface area contributed by atoms with Gasteiger partial charge >= 0.3 is 0 Å². The maximum absolute atomic E-state index is 13.5. The Hall–Kier alpha value is -3.10. The average molecular weight is 391 g/mol. The lowest BCUT2D eigenvalue weighted by atomic mass is 9.98. The topological polar surface area (TPSA) is 51.1 Å². The molecule has 8 heteroatoms. The zero-order valence-electron chi connectivity index (χ0n) is 16.2. The molecule has 1 aromatic heterocycles. The third-order valence-corrected chi connectivity index (χ3v) is 5.49. The number of fused-ring (bicyclic) bond motifs is 1. The molecule has 148 valence electrons. The quantitative estimate of drug-likeness (QED) is 0.800. The van der Waals surface area contributed by atoms with Gasteiger partial charge in [0, 0.05) is 44.1 Å². The highest BCUT2D eigenvalue weighted by Gasteiger charge is 2.40. The molecule has 2 aromatic rings. The van der Waals surface area contributed by atoms with Gasteiger partial charge in [0.05, 0.1) is 11.9 Å². The Morgan fingerprint density at radius 2 is 1.79 bits per heavy atom. The van der Waals surface area contributed by atoms with Crippen LogP contribution >= 0.6 is 0 Å². The normalized spacial score (nSPS) is 22.5. The van der Waals surface area contributed by atoms with Crippen LogP contribution in [0.4, 0.5) is 4.39 Å². The van der Waals surface area contributed by atoms with Gasteiger partial charge in [0.25, 0.3) is 0 Å². The van der Waals surface area contributed by atoms with Crippen LogP contribution in [0, 0.1) is 5.82 Å². The Balaban J connectivity index is 1.56. The number of halogens is 1. The molecule has 0 aliphatic carbocycles. The molecule has 7 nitrogen and oxygen atoms in total. The molecular weight excluding hydrogens is 369 g/mol. The van der Waals surface area contributed by atoms with Gasteiger partial charge in [-0.05, 0) is 43.0 Å². The number of hydrogen-bond donors (Lipinski definition) is 0. The second-order valence-corrected chi connectivity index (χ2v) is 7.37. The molecule has 1 atom stereocenters. The van der Waals surface area contributed by atoms with Gasteiger partial charge in [-0.1, -0.05) is 12.1 Å². The van der Waals surface area contributed by atoms with Crippen LogP contribution in [-0.4, -0.2) is 69.2 Å². The first-order valence-corrected chi connectivity index (χ1v) is 9.72. The summed E-state index contributed by atoms with van der Waals surface area (Å²) in [5.74, 6) is 0.597. The van der Waals surface area contributed by atoms with Gasteiger partial charge in [0.1, 0.15) is 17.7 Å². The molecule has 0 amide bonds. The van der Waals surface area contributed by atoms with Crippen LogP contribution in [0.15, 0.2) is 71.9 Å². The first kappa shape index (κ1) is 18.0. The van der Waals surface area contributed by atoms with Gasteiger partial charge in [-0.15, -0.1) is 0 Å². The number of nitrogens with zero attached hydrogens (tertiary/aromatic N) is 7. The molecule has 29 heavy (non-hydrogen) atoms. The predicted octanol–water partition coefficient (Wildman–Crippen LogP) is 2.21. The van der Waals surface area contributed by atoms with Crippen LogP contribution in [0.2, 0.25) is 0 Å². The van der Waals surface area contributed by atoms with Crippen LogP contribution in [0.25, 0.3) is 0 Å². The van der Waals surface area contributed by atoms with E-state index in [2.05, 4.69) is 43.5 Å². The number of allylic oxidation sites excluding steroid dienone is 2. The van der Waals surface area contributed by atoms with Crippen molar-refractivity contribution in [3.8, 4) is 0 Å². The molecule has 0 radical (unpaired) electrons. The lowest BCUT2D eigenvalue weighted by Crippen LogP contribution is -2.57. The third kappa shape index (κ3) is 3.30. The Labute approximate surface area is 169 Å². The number of hydrazine groups is 2. The number of benzene rings is 1. The lowest BCUT2D eigenvalue weighted by Gasteiger charge is -2.47. The van der Waals surface area contributed by atoms with E-state index in [1.807, 2.05) is 18.2 Å². The molecule has 5 rings (SSSR count). The van der Waals surface area contributed by atoms with E-state index in [4.69, 9.17) is 4.99 Å². The molecule has 3 aliphatic rings. The SMILES string of the molecule is CN1CCN(N2C=CC=C3N=C(c4ccc(F)cc4)C(c4ccnnc4)N32)CC1. The first-order valence-electron chi connectivity index (χ1n) is 9.72. The summed E-state index contributed by atoms with van der Waals surface area (Å²) < 4.78 is 13.5. The highest BCUT2D eigenvalue weighted by molar-refractivity contribution is 6.06. The fourth-order valence-corrected chi connectivity index (χ4v) is 3.93. The number of rotatable bonds is 3. The molecule has 0 bridgehead atoms. The van der Waals surface area contributed by atoms with Gasteiger partial charge in [0.15, 0.2) is 0 Å². The van der Waals surface area contributed by atoms with Crippen LogP contribution in [-0.2, 0) is 0 Å². The van der Waals surface area contributed by atoms with Gasteiger partial charge in [-0.2, -0.15) is 15.2 Å². The first-order chi connectivity index (χ1) is 14.2. The number of hydrogen-bond acceptors (Lipinski definition) is 7. The van der Waals surface area contributed by atoms with Gasteiger partial charge < -0.3 is 4.90 Å². The van der Waals surface area contributed by atoms with Crippen molar-refractivity contribution >= 4 is 5.71 Å². The van der Waals surface area contributed by atoms with Gasteiger partial charge in [-0.3, -0.25) is 0 Å². The molecule has 1 saturated heterocycles. The Morgan fingerprint density at radius 3 is 2.52 bits per heavy atom. The summed E-state index contributed by atoms with van der Waals surface area (Å²) in [6.45, 7) is 3.87. The number of aliphatic imine (C=N–C) groups is 1. The van der Waals surface area contributed by atoms with Crippen molar-refractivity contribution in [1.29, 1.82) is 0 Å². The van der Waals surface area contributed by atoms with Crippen LogP contribution < -0.4 is 0 Å². The van der Waals surface area contributed by atoms with Crippen molar-refractivity contribution in [3.05, 3.63) is 83.8 Å². The largest absolute Gasteiger partial charge is 0.304 e. The number of piperazine rings is 1. The van der Waals surface area contributed by atoms with E-state index in [0.717, 1.165) is 48.8 Å². The van der Waals surface area contributed by atoms with E-state index in [1.54, 1.807) is 24.5 Å². The maximum Gasteiger partial charge on any atom is 0.149 e. The molecule has 1 fully saturated rings. The van der Waals surface area contributed by atoms with E-state index < -0.39 is 0 Å². The highest BCUT2D eigenvalue weighted by Crippen LogP contribution is 2.39. The zero-order chi connectivity index (χ0) is 19.8. The molecular formula is C21H22FN7. The van der Waals surface area contributed by atoms with E-state index in [9.17, 15) is 4.39 Å². The summed E-state index contributed by atoms with van der Waals surface area (Å²) in [5.41, 5.74) is 2.75. The second kappa shape index (κ2) is 7.38. The van der Waals surface area contributed by atoms with E-state index in [-0.39, 0.29) is 11.9 Å².